The van der Waals surface area contributed by atoms with Crippen molar-refractivity contribution in [2.24, 2.45) is 5.73 Å². The lowest BCUT2D eigenvalue weighted by Crippen LogP contribution is -2.18. The van der Waals surface area contributed by atoms with Crippen LogP contribution in [0.5, 0.6) is 0 Å². The highest BCUT2D eigenvalue weighted by Gasteiger charge is 2.08. The highest BCUT2D eigenvalue weighted by atomic mass is 16.1. The first-order valence-electron chi connectivity index (χ1n) is 2.88. The van der Waals surface area contributed by atoms with Crippen molar-refractivity contribution in [2.75, 3.05) is 5.73 Å². The summed E-state index contributed by atoms with van der Waals surface area (Å²) in [5.74, 6) is -0.364. The maximum atomic E-state index is 10.6. The van der Waals surface area contributed by atoms with Gasteiger partial charge in [-0.1, -0.05) is 0 Å². The molecule has 0 aromatic carbocycles. The minimum Gasteiger partial charge on any atom is -0.380 e. The molecule has 1 aromatic heterocycles. The van der Waals surface area contributed by atoms with Gasteiger partial charge < -0.3 is 11.5 Å². The maximum absolute atomic E-state index is 10.6. The van der Waals surface area contributed by atoms with Gasteiger partial charge in [-0.05, 0) is 6.92 Å². The van der Waals surface area contributed by atoms with E-state index in [0.717, 1.165) is 0 Å². The number of primary amides is 1. The number of carbonyl (C=O) groups is 1. The van der Waals surface area contributed by atoms with Gasteiger partial charge in [-0.15, -0.1) is 10.2 Å². The third-order valence-corrected chi connectivity index (χ3v) is 1.05. The first-order valence-corrected chi connectivity index (χ1v) is 2.88. The van der Waals surface area contributed by atoms with Gasteiger partial charge in [0.2, 0.25) is 0 Å². The van der Waals surface area contributed by atoms with Crippen LogP contribution in [0, 0.1) is 6.92 Å². The fraction of sp³-hybridized carbons (Fsp3) is 0.200. The number of anilines is 1. The van der Waals surface area contributed by atoms with Crippen LogP contribution >= 0.6 is 0 Å². The smallest absolute Gasteiger partial charge is 0.271 e. The van der Waals surface area contributed by atoms with Gasteiger partial charge in [0.1, 0.15) is 5.82 Å². The highest BCUT2D eigenvalue weighted by Crippen LogP contribution is 2.00. The van der Waals surface area contributed by atoms with Gasteiger partial charge in [-0.2, -0.15) is 0 Å². The molecule has 11 heavy (non-hydrogen) atoms. The van der Waals surface area contributed by atoms with Crippen molar-refractivity contribution in [1.29, 1.82) is 0 Å². The van der Waals surface area contributed by atoms with Gasteiger partial charge in [0.25, 0.3) is 5.91 Å². The van der Waals surface area contributed by atoms with Crippen LogP contribution in [0.4, 0.5) is 5.82 Å². The van der Waals surface area contributed by atoms with E-state index in [0.29, 0.717) is 5.82 Å². The first kappa shape index (κ1) is 7.39. The molecule has 0 fully saturated rings. The molecule has 1 heterocycles. The monoisotopic (exact) mass is 153 g/mol. The average molecular weight is 153 g/mol. The van der Waals surface area contributed by atoms with E-state index in [1.54, 1.807) is 6.92 Å². The molecule has 1 rings (SSSR count). The molecule has 0 aliphatic heterocycles. The van der Waals surface area contributed by atoms with Crippen molar-refractivity contribution in [3.63, 3.8) is 0 Å². The summed E-state index contributed by atoms with van der Waals surface area (Å²) in [7, 11) is 0. The molecule has 0 aliphatic carbocycles. The van der Waals surface area contributed by atoms with Gasteiger partial charge in [0.15, 0.2) is 11.5 Å². The first-order chi connectivity index (χ1) is 5.11. The second-order valence-electron chi connectivity index (χ2n) is 1.96. The number of hydrogen-bond donors (Lipinski definition) is 2. The molecule has 0 saturated heterocycles. The normalized spacial score (nSPS) is 9.55. The molecule has 6 heteroatoms. The Morgan fingerprint density at radius 2 is 2.09 bits per heavy atom. The molecule has 0 radical (unpaired) electrons. The molecule has 1 aromatic rings. The third kappa shape index (κ3) is 1.40. The van der Waals surface area contributed by atoms with Gasteiger partial charge >= 0.3 is 0 Å². The Labute approximate surface area is 62.6 Å². The Morgan fingerprint density at radius 3 is 2.55 bits per heavy atom. The Kier molecular flexibility index (Phi) is 1.67. The number of amides is 1. The number of aromatic nitrogens is 3. The third-order valence-electron chi connectivity index (χ3n) is 1.05. The SMILES string of the molecule is Cc1nnc(N)c(C(N)=O)n1. The minimum atomic E-state index is -0.694. The summed E-state index contributed by atoms with van der Waals surface area (Å²) in [6.45, 7) is 1.60. The zero-order valence-corrected chi connectivity index (χ0v) is 5.90. The van der Waals surface area contributed by atoms with Gasteiger partial charge in [-0.25, -0.2) is 4.98 Å². The molecule has 0 aliphatic rings. The zero-order valence-electron chi connectivity index (χ0n) is 5.90. The predicted molar refractivity (Wildman–Crippen MR) is 37.5 cm³/mol. The van der Waals surface area contributed by atoms with E-state index in [9.17, 15) is 4.79 Å². The maximum Gasteiger partial charge on any atom is 0.271 e. The van der Waals surface area contributed by atoms with Crippen LogP contribution < -0.4 is 11.5 Å². The van der Waals surface area contributed by atoms with Crippen LogP contribution in [-0.2, 0) is 0 Å². The van der Waals surface area contributed by atoms with E-state index in [-0.39, 0.29) is 11.5 Å². The van der Waals surface area contributed by atoms with Crippen LogP contribution in [0.2, 0.25) is 0 Å². The zero-order chi connectivity index (χ0) is 8.43. The Balaban J connectivity index is 3.23. The lowest BCUT2D eigenvalue weighted by molar-refractivity contribution is 0.0995. The van der Waals surface area contributed by atoms with E-state index in [1.165, 1.54) is 0 Å². The predicted octanol–water partition coefficient (Wildman–Crippen LogP) is -1.14. The molecule has 4 N–H and O–H groups in total. The molecule has 0 saturated carbocycles. The quantitative estimate of drug-likeness (QED) is 0.530. The fourth-order valence-electron chi connectivity index (χ4n) is 0.596. The number of hydrogen-bond acceptors (Lipinski definition) is 5. The number of nitrogens with two attached hydrogens (primary N) is 2. The molecule has 0 atom stereocenters. The second kappa shape index (κ2) is 2.49. The van der Waals surface area contributed by atoms with Gasteiger partial charge in [0, 0.05) is 0 Å². The highest BCUT2D eigenvalue weighted by molar-refractivity contribution is 5.94. The van der Waals surface area contributed by atoms with Crippen molar-refractivity contribution in [2.45, 2.75) is 6.92 Å². The van der Waals surface area contributed by atoms with Crippen molar-refractivity contribution in [1.82, 2.24) is 15.2 Å². The second-order valence-corrected chi connectivity index (χ2v) is 1.96. The van der Waals surface area contributed by atoms with Crippen LogP contribution in [0.1, 0.15) is 16.3 Å². The molecule has 1 amide bonds. The minimum absolute atomic E-state index is 0.0301. The van der Waals surface area contributed by atoms with Crippen molar-refractivity contribution in [3.8, 4) is 0 Å². The molecule has 0 spiro atoms. The summed E-state index contributed by atoms with van der Waals surface area (Å²) in [6, 6.07) is 0. The van der Waals surface area contributed by atoms with Crippen molar-refractivity contribution < 1.29 is 4.79 Å². The number of nitrogens with zero attached hydrogens (tertiary/aromatic N) is 3. The van der Waals surface area contributed by atoms with E-state index < -0.39 is 5.91 Å². The van der Waals surface area contributed by atoms with E-state index in [2.05, 4.69) is 15.2 Å². The van der Waals surface area contributed by atoms with Crippen LogP contribution in [-0.4, -0.2) is 21.1 Å². The average Bonchev–Trinajstić information content (AvgIpc) is 1.94. The lowest BCUT2D eigenvalue weighted by atomic mass is 10.4. The Hall–Kier alpha value is -1.72. The largest absolute Gasteiger partial charge is 0.380 e. The summed E-state index contributed by atoms with van der Waals surface area (Å²) < 4.78 is 0. The summed E-state index contributed by atoms with van der Waals surface area (Å²) in [5, 5.41) is 6.99. The number of rotatable bonds is 1. The fourth-order valence-corrected chi connectivity index (χ4v) is 0.596. The number of aryl methyl sites for hydroxylation is 1. The molecule has 0 unspecified atom stereocenters. The number of nitrogen functional groups attached to an aromatic ring is 1. The Morgan fingerprint density at radius 1 is 1.45 bits per heavy atom. The van der Waals surface area contributed by atoms with E-state index in [4.69, 9.17) is 11.5 Å². The summed E-state index contributed by atoms with van der Waals surface area (Å²) in [6.07, 6.45) is 0. The number of carbonyl (C=O) groups excluding carboxylic acids is 1. The Bertz CT molecular complexity index is 297. The van der Waals surface area contributed by atoms with Crippen LogP contribution in [0.3, 0.4) is 0 Å². The lowest BCUT2D eigenvalue weighted by Gasteiger charge is -1.97. The molecule has 6 nitrogen and oxygen atoms in total. The molecule has 58 valence electrons. The van der Waals surface area contributed by atoms with Crippen molar-refractivity contribution in [3.05, 3.63) is 11.5 Å². The van der Waals surface area contributed by atoms with Gasteiger partial charge in [-0.3, -0.25) is 4.79 Å². The van der Waals surface area contributed by atoms with E-state index >= 15 is 0 Å². The summed E-state index contributed by atoms with van der Waals surface area (Å²) >= 11 is 0. The van der Waals surface area contributed by atoms with Crippen LogP contribution in [0.25, 0.3) is 0 Å². The molecular weight excluding hydrogens is 146 g/mol. The van der Waals surface area contributed by atoms with Crippen molar-refractivity contribution >= 4 is 11.7 Å². The summed E-state index contributed by atoms with van der Waals surface area (Å²) in [5.41, 5.74) is 10.2. The standard InChI is InChI=1S/C5H7N5O/c1-2-8-3(5(7)11)4(6)10-9-2/h1H3,(H2,6,10)(H2,7,11). The topological polar surface area (TPSA) is 108 Å². The molecular formula is C5H7N5O. The van der Waals surface area contributed by atoms with Gasteiger partial charge in [0.05, 0.1) is 0 Å². The van der Waals surface area contributed by atoms with E-state index in [1.807, 2.05) is 0 Å². The summed E-state index contributed by atoms with van der Waals surface area (Å²) in [4.78, 5) is 14.3. The van der Waals surface area contributed by atoms with Crippen LogP contribution in [0.15, 0.2) is 0 Å². The molecule has 0 bridgehead atoms.